The number of anilines is 1. The number of hydrogen-bond acceptors (Lipinski definition) is 3. The van der Waals surface area contributed by atoms with Gasteiger partial charge in [-0.05, 0) is 49.2 Å². The van der Waals surface area contributed by atoms with Crippen LogP contribution in [0.3, 0.4) is 0 Å². The van der Waals surface area contributed by atoms with Gasteiger partial charge in [-0.1, -0.05) is 29.1 Å². The molecule has 5 nitrogen and oxygen atoms in total. The molecule has 1 atom stereocenters. The van der Waals surface area contributed by atoms with Gasteiger partial charge in [-0.25, -0.2) is 4.79 Å². The normalized spacial score (nSPS) is 11.0. The summed E-state index contributed by atoms with van der Waals surface area (Å²) in [4.78, 5) is 13.1. The number of carbonyl (C=O) groups excluding carboxylic acids is 1. The first-order chi connectivity index (χ1) is 12.4. The van der Waals surface area contributed by atoms with Crippen LogP contribution in [0.5, 0.6) is 11.5 Å². The maximum atomic E-state index is 11.6. The SMILES string of the molecule is CC#CC(Oc1ccc(NC(=O)N(C)C)cc1)Oc1ccc(Cl)c(Cl)c1. The smallest absolute Gasteiger partial charge is 0.321 e. The summed E-state index contributed by atoms with van der Waals surface area (Å²) in [5.41, 5.74) is 0.652. The van der Waals surface area contributed by atoms with Gasteiger partial charge in [0.1, 0.15) is 11.5 Å². The van der Waals surface area contributed by atoms with Crippen molar-refractivity contribution in [2.24, 2.45) is 0 Å². The van der Waals surface area contributed by atoms with Crippen LogP contribution >= 0.6 is 23.2 Å². The number of nitrogens with zero attached hydrogens (tertiary/aromatic N) is 1. The zero-order valence-corrected chi connectivity index (χ0v) is 16.1. The second-order valence-corrected chi connectivity index (χ2v) is 6.20. The third-order valence-corrected chi connectivity index (χ3v) is 3.89. The maximum absolute atomic E-state index is 11.6. The quantitative estimate of drug-likeness (QED) is 0.581. The predicted molar refractivity (Wildman–Crippen MR) is 104 cm³/mol. The van der Waals surface area contributed by atoms with Crippen LogP contribution in [0.4, 0.5) is 10.5 Å². The molecule has 0 spiro atoms. The van der Waals surface area contributed by atoms with Crippen LogP contribution in [-0.4, -0.2) is 31.3 Å². The first kappa shape index (κ1) is 19.8. The van der Waals surface area contributed by atoms with Crippen LogP contribution in [0.15, 0.2) is 42.5 Å². The topological polar surface area (TPSA) is 50.8 Å². The first-order valence-electron chi connectivity index (χ1n) is 7.68. The van der Waals surface area contributed by atoms with Crippen LogP contribution in [-0.2, 0) is 0 Å². The Hall–Kier alpha value is -2.55. The van der Waals surface area contributed by atoms with E-state index in [4.69, 9.17) is 32.7 Å². The fraction of sp³-hybridized carbons (Fsp3) is 0.211. The summed E-state index contributed by atoms with van der Waals surface area (Å²) < 4.78 is 11.4. The minimum absolute atomic E-state index is 0.212. The van der Waals surface area contributed by atoms with Gasteiger partial charge in [0.2, 0.25) is 0 Å². The van der Waals surface area contributed by atoms with Gasteiger partial charge in [0.05, 0.1) is 10.0 Å². The predicted octanol–water partition coefficient (Wildman–Crippen LogP) is 4.89. The molecule has 1 unspecified atom stereocenters. The summed E-state index contributed by atoms with van der Waals surface area (Å²) in [5.74, 6) is 6.62. The maximum Gasteiger partial charge on any atom is 0.321 e. The minimum Gasteiger partial charge on any atom is -0.444 e. The van der Waals surface area contributed by atoms with Gasteiger partial charge in [0, 0.05) is 25.8 Å². The van der Waals surface area contributed by atoms with Crippen LogP contribution in [0.2, 0.25) is 10.0 Å². The molecule has 26 heavy (non-hydrogen) atoms. The van der Waals surface area contributed by atoms with Gasteiger partial charge in [-0.3, -0.25) is 0 Å². The molecule has 2 aromatic rings. The van der Waals surface area contributed by atoms with Crippen molar-refractivity contribution in [2.45, 2.75) is 13.2 Å². The fourth-order valence-corrected chi connectivity index (χ4v) is 2.14. The molecule has 0 saturated heterocycles. The van der Waals surface area contributed by atoms with E-state index >= 15 is 0 Å². The second-order valence-electron chi connectivity index (χ2n) is 5.39. The largest absolute Gasteiger partial charge is 0.444 e. The van der Waals surface area contributed by atoms with Gasteiger partial charge in [-0.15, -0.1) is 0 Å². The summed E-state index contributed by atoms with van der Waals surface area (Å²) >= 11 is 11.9. The Labute approximate surface area is 162 Å². The van der Waals surface area contributed by atoms with Crippen molar-refractivity contribution in [3.63, 3.8) is 0 Å². The molecule has 0 fully saturated rings. The number of ether oxygens (including phenoxy) is 2. The molecule has 0 aliphatic rings. The van der Waals surface area contributed by atoms with E-state index in [0.29, 0.717) is 27.2 Å². The Morgan fingerprint density at radius 1 is 1.04 bits per heavy atom. The molecule has 0 aromatic heterocycles. The van der Waals surface area contributed by atoms with Crippen LogP contribution in [0.25, 0.3) is 0 Å². The van der Waals surface area contributed by atoms with E-state index < -0.39 is 6.29 Å². The molecule has 0 saturated carbocycles. The Bertz CT molecular complexity index is 827. The van der Waals surface area contributed by atoms with Crippen molar-refractivity contribution < 1.29 is 14.3 Å². The monoisotopic (exact) mass is 392 g/mol. The summed E-state index contributed by atoms with van der Waals surface area (Å²) in [5, 5.41) is 3.56. The van der Waals surface area contributed by atoms with E-state index in [9.17, 15) is 4.79 Å². The minimum atomic E-state index is -0.820. The van der Waals surface area contributed by atoms with Crippen LogP contribution in [0, 0.1) is 11.8 Å². The van der Waals surface area contributed by atoms with E-state index in [2.05, 4.69) is 17.2 Å². The van der Waals surface area contributed by atoms with Crippen molar-refractivity contribution in [3.05, 3.63) is 52.5 Å². The van der Waals surface area contributed by atoms with Crippen molar-refractivity contribution in [1.82, 2.24) is 4.90 Å². The third-order valence-electron chi connectivity index (χ3n) is 3.15. The zero-order valence-electron chi connectivity index (χ0n) is 14.5. The molecule has 0 radical (unpaired) electrons. The molecule has 2 rings (SSSR count). The second kappa shape index (κ2) is 9.23. The Kier molecular flexibility index (Phi) is 7.02. The molecule has 0 aliphatic carbocycles. The average molecular weight is 393 g/mol. The van der Waals surface area contributed by atoms with Gasteiger partial charge in [0.25, 0.3) is 0 Å². The zero-order chi connectivity index (χ0) is 19.1. The lowest BCUT2D eigenvalue weighted by Crippen LogP contribution is -2.27. The Balaban J connectivity index is 2.05. The number of nitrogens with one attached hydrogen (secondary N) is 1. The van der Waals surface area contributed by atoms with Crippen molar-refractivity contribution in [2.75, 3.05) is 19.4 Å². The van der Waals surface area contributed by atoms with E-state index in [1.807, 2.05) is 0 Å². The number of amides is 2. The molecule has 0 heterocycles. The van der Waals surface area contributed by atoms with Gasteiger partial charge in [0.15, 0.2) is 0 Å². The summed E-state index contributed by atoms with van der Waals surface area (Å²) in [7, 11) is 3.34. The molecule has 2 aromatic carbocycles. The molecular weight excluding hydrogens is 375 g/mol. The van der Waals surface area contributed by atoms with E-state index in [0.717, 1.165) is 0 Å². The number of halogens is 2. The number of urea groups is 1. The standard InChI is InChI=1S/C19H18Cl2N2O3/c1-4-5-18(26-15-10-11-16(20)17(21)12-15)25-14-8-6-13(7-9-14)22-19(24)23(2)3/h6-12,18H,1-3H3,(H,22,24). The van der Waals surface area contributed by atoms with Crippen molar-refractivity contribution >= 4 is 34.9 Å². The van der Waals surface area contributed by atoms with E-state index in [1.165, 1.54) is 4.90 Å². The lowest BCUT2D eigenvalue weighted by atomic mass is 10.3. The molecule has 0 bridgehead atoms. The van der Waals surface area contributed by atoms with Crippen molar-refractivity contribution in [3.8, 4) is 23.3 Å². The highest BCUT2D eigenvalue weighted by Crippen LogP contribution is 2.27. The molecule has 2 amide bonds. The van der Waals surface area contributed by atoms with Gasteiger partial charge in [-0.2, -0.15) is 0 Å². The van der Waals surface area contributed by atoms with Crippen LogP contribution < -0.4 is 14.8 Å². The highest BCUT2D eigenvalue weighted by Gasteiger charge is 2.11. The van der Waals surface area contributed by atoms with Crippen LogP contribution in [0.1, 0.15) is 6.92 Å². The van der Waals surface area contributed by atoms with E-state index in [-0.39, 0.29) is 6.03 Å². The molecule has 136 valence electrons. The van der Waals surface area contributed by atoms with E-state index in [1.54, 1.807) is 63.5 Å². The number of rotatable bonds is 5. The summed E-state index contributed by atoms with van der Waals surface area (Å²) in [6.07, 6.45) is -0.820. The lowest BCUT2D eigenvalue weighted by Gasteiger charge is -2.17. The molecule has 0 aliphatic heterocycles. The molecular formula is C19H18Cl2N2O3. The summed E-state index contributed by atoms with van der Waals surface area (Å²) in [6.45, 7) is 1.69. The van der Waals surface area contributed by atoms with Gasteiger partial charge >= 0.3 is 12.3 Å². The Morgan fingerprint density at radius 3 is 2.23 bits per heavy atom. The third kappa shape index (κ3) is 5.76. The average Bonchev–Trinajstić information content (AvgIpc) is 2.60. The Morgan fingerprint density at radius 2 is 1.65 bits per heavy atom. The highest BCUT2D eigenvalue weighted by atomic mass is 35.5. The fourth-order valence-electron chi connectivity index (χ4n) is 1.85. The number of carbonyl (C=O) groups is 1. The number of hydrogen-bond donors (Lipinski definition) is 1. The highest BCUT2D eigenvalue weighted by molar-refractivity contribution is 6.42. The molecule has 7 heteroatoms. The van der Waals surface area contributed by atoms with Crippen molar-refractivity contribution in [1.29, 1.82) is 0 Å². The summed E-state index contributed by atoms with van der Waals surface area (Å²) in [6, 6.07) is 11.6. The lowest BCUT2D eigenvalue weighted by molar-refractivity contribution is 0.0555. The molecule has 1 N–H and O–H groups in total. The first-order valence-corrected chi connectivity index (χ1v) is 8.43. The number of benzene rings is 2. The van der Waals surface area contributed by atoms with Gasteiger partial charge < -0.3 is 19.7 Å².